The summed E-state index contributed by atoms with van der Waals surface area (Å²) >= 11 is 0. The van der Waals surface area contributed by atoms with Crippen LogP contribution in [0.15, 0.2) is 47.6 Å². The van der Waals surface area contributed by atoms with Crippen molar-refractivity contribution < 1.29 is 154 Å². The number of allylic oxidation sites excluding steroid dienone is 5. The highest BCUT2D eigenvalue weighted by atomic mass is 16.8. The Morgan fingerprint density at radius 2 is 0.793 bits per heavy atom. The SMILES string of the molecule is C=CC(C)(CCC=C(C)CCC=C(C)CCC=C(C)COC1OC(COC2OC(C)C(O)C(O)C2O)C(O)C(O)C1OC1OC(CO)C(O)C(O)C1O)OC1OC(CO)C(OC2OC(CO)C(O)C(O)C2O)C(O)C1OC1OC(CO)C(O)C(O)C1O. The quantitative estimate of drug-likeness (QED) is 0.0324. The maximum atomic E-state index is 11.9. The monoisotopic (exact) mass is 1260 g/mol. The molecule has 6 fully saturated rings. The summed E-state index contributed by atoms with van der Waals surface area (Å²) in [6.07, 6.45) is -39.0. The molecule has 6 rings (SSSR count). The lowest BCUT2D eigenvalue weighted by Crippen LogP contribution is -2.67. The average Bonchev–Trinajstić information content (AvgIpc) is 1.17. The van der Waals surface area contributed by atoms with Crippen LogP contribution in [0.3, 0.4) is 0 Å². The summed E-state index contributed by atoms with van der Waals surface area (Å²) in [5.74, 6) is 0. The number of aliphatic hydroxyl groups excluding tert-OH is 19. The van der Waals surface area contributed by atoms with Gasteiger partial charge < -0.3 is 154 Å². The van der Waals surface area contributed by atoms with Gasteiger partial charge in [-0.15, -0.1) is 6.58 Å². The van der Waals surface area contributed by atoms with Crippen LogP contribution < -0.4 is 0 Å². The third-order valence-electron chi connectivity index (χ3n) is 16.6. The number of hydrogen-bond acceptors (Lipinski definition) is 31. The van der Waals surface area contributed by atoms with Crippen LogP contribution in [0.25, 0.3) is 0 Å². The average molecular weight is 1260 g/mol. The molecule has 0 spiro atoms. The summed E-state index contributed by atoms with van der Waals surface area (Å²) in [5, 5.41) is 200. The standard InChI is InChI=1S/C56H94O31/c1-7-56(6,87-55-49(86-53-45(74)40(69)35(64)29(19-59)81-53)46(75)47(30(20-60)82-55)84-51-43(72)38(67)33(62)27(17-57)79-51)16-10-15-24(3)12-8-11-23(2)13-9-14-25(4)21-76-54-48(85-52-44(73)39(68)34(63)28(18-58)80-52)41(70)36(65)31(83-54)22-77-50-42(71)37(66)32(61)26(5)78-50/h7,11,14-15,26-55,57-75H,1,8-10,12-13,16-22H2,2-6H3. The van der Waals surface area contributed by atoms with Crippen molar-refractivity contribution in [1.82, 2.24) is 0 Å². The summed E-state index contributed by atoms with van der Waals surface area (Å²) in [6.45, 7) is 8.89. The fourth-order valence-electron chi connectivity index (χ4n) is 10.8. The van der Waals surface area contributed by atoms with E-state index in [0.717, 1.165) is 11.1 Å². The Morgan fingerprint density at radius 1 is 0.402 bits per heavy atom. The van der Waals surface area contributed by atoms with E-state index in [-0.39, 0.29) is 13.0 Å². The third kappa shape index (κ3) is 18.3. The van der Waals surface area contributed by atoms with E-state index in [1.54, 1.807) is 13.8 Å². The fraction of sp³-hybridized carbons (Fsp3) is 0.857. The minimum Gasteiger partial charge on any atom is -0.394 e. The number of hydrogen-bond donors (Lipinski definition) is 19. The summed E-state index contributed by atoms with van der Waals surface area (Å²) in [5.41, 5.74) is 1.56. The Labute approximate surface area is 502 Å². The molecule has 6 aliphatic heterocycles. The van der Waals surface area contributed by atoms with E-state index >= 15 is 0 Å². The highest BCUT2D eigenvalue weighted by Crippen LogP contribution is 2.37. The molecule has 0 aromatic rings. The van der Waals surface area contributed by atoms with Gasteiger partial charge in [0.05, 0.1) is 51.3 Å². The molecule has 6 saturated heterocycles. The van der Waals surface area contributed by atoms with Gasteiger partial charge in [0.25, 0.3) is 0 Å². The second-order valence-corrected chi connectivity index (χ2v) is 23.4. The largest absolute Gasteiger partial charge is 0.394 e. The highest BCUT2D eigenvalue weighted by molar-refractivity contribution is 5.08. The van der Waals surface area contributed by atoms with Crippen LogP contribution >= 0.6 is 0 Å². The molecule has 0 radical (unpaired) electrons. The minimum atomic E-state index is -1.94. The molecule has 31 unspecified atom stereocenters. The summed E-state index contributed by atoms with van der Waals surface area (Å²) in [6, 6.07) is 0. The van der Waals surface area contributed by atoms with E-state index in [1.165, 1.54) is 13.0 Å². The van der Waals surface area contributed by atoms with Gasteiger partial charge in [0.15, 0.2) is 37.7 Å². The van der Waals surface area contributed by atoms with Gasteiger partial charge in [0.1, 0.15) is 140 Å². The molecular weight excluding hydrogens is 1170 g/mol. The third-order valence-corrected chi connectivity index (χ3v) is 16.6. The van der Waals surface area contributed by atoms with Gasteiger partial charge in [-0.3, -0.25) is 0 Å². The molecule has 0 aromatic heterocycles. The van der Waals surface area contributed by atoms with Crippen molar-refractivity contribution in [2.24, 2.45) is 0 Å². The van der Waals surface area contributed by atoms with Crippen LogP contribution in [0.1, 0.15) is 73.1 Å². The molecule has 0 bridgehead atoms. The number of ether oxygens (including phenoxy) is 12. The Bertz CT molecular complexity index is 2170. The van der Waals surface area contributed by atoms with Gasteiger partial charge in [0, 0.05) is 0 Å². The highest BCUT2D eigenvalue weighted by Gasteiger charge is 2.56. The predicted octanol–water partition coefficient (Wildman–Crippen LogP) is -6.93. The zero-order valence-corrected chi connectivity index (χ0v) is 49.2. The van der Waals surface area contributed by atoms with Crippen molar-refractivity contribution in [3.63, 3.8) is 0 Å². The molecule has 0 aromatic carbocycles. The number of rotatable bonds is 28. The Kier molecular flexibility index (Phi) is 28.4. The zero-order valence-electron chi connectivity index (χ0n) is 49.2. The molecular formula is C56H94O31. The summed E-state index contributed by atoms with van der Waals surface area (Å²) in [7, 11) is 0. The van der Waals surface area contributed by atoms with Crippen molar-refractivity contribution in [1.29, 1.82) is 0 Å². The molecule has 0 amide bonds. The van der Waals surface area contributed by atoms with Crippen molar-refractivity contribution in [2.75, 3.05) is 39.6 Å². The van der Waals surface area contributed by atoms with Crippen molar-refractivity contribution >= 4 is 0 Å². The molecule has 31 heteroatoms. The number of aliphatic hydroxyl groups is 19. The first-order chi connectivity index (χ1) is 41.1. The van der Waals surface area contributed by atoms with Crippen molar-refractivity contribution in [3.05, 3.63) is 47.6 Å². The molecule has 87 heavy (non-hydrogen) atoms. The second kappa shape index (κ2) is 33.5. The lowest BCUT2D eigenvalue weighted by molar-refractivity contribution is -0.393. The van der Waals surface area contributed by atoms with Gasteiger partial charge in [-0.25, -0.2) is 0 Å². The van der Waals surface area contributed by atoms with E-state index in [4.69, 9.17) is 56.8 Å². The molecule has 0 saturated carbocycles. The van der Waals surface area contributed by atoms with Crippen LogP contribution in [-0.2, 0) is 56.8 Å². The Morgan fingerprint density at radius 3 is 1.26 bits per heavy atom. The normalized spacial score (nSPS) is 45.2. The van der Waals surface area contributed by atoms with Crippen LogP contribution in [0.4, 0.5) is 0 Å². The van der Waals surface area contributed by atoms with Crippen LogP contribution in [0.2, 0.25) is 0 Å². The van der Waals surface area contributed by atoms with Crippen molar-refractivity contribution in [3.8, 4) is 0 Å². The maximum absolute atomic E-state index is 11.9. The zero-order chi connectivity index (χ0) is 64.4. The van der Waals surface area contributed by atoms with Gasteiger partial charge >= 0.3 is 0 Å². The molecule has 6 heterocycles. The minimum absolute atomic E-state index is 0.108. The van der Waals surface area contributed by atoms with Gasteiger partial charge in [-0.2, -0.15) is 0 Å². The van der Waals surface area contributed by atoms with Crippen molar-refractivity contribution in [2.45, 2.75) is 263 Å². The molecule has 6 aliphatic rings. The fourth-order valence-corrected chi connectivity index (χ4v) is 10.8. The van der Waals surface area contributed by atoms with Crippen LogP contribution in [-0.4, -0.2) is 327 Å². The van der Waals surface area contributed by atoms with Gasteiger partial charge in [-0.1, -0.05) is 41.0 Å². The van der Waals surface area contributed by atoms with E-state index in [0.29, 0.717) is 37.7 Å². The second-order valence-electron chi connectivity index (χ2n) is 23.4. The molecule has 504 valence electrons. The van der Waals surface area contributed by atoms with E-state index in [2.05, 4.69) is 12.7 Å². The maximum Gasteiger partial charge on any atom is 0.188 e. The van der Waals surface area contributed by atoms with Crippen LogP contribution in [0.5, 0.6) is 0 Å². The predicted molar refractivity (Wildman–Crippen MR) is 291 cm³/mol. The first-order valence-corrected chi connectivity index (χ1v) is 29.2. The van der Waals surface area contributed by atoms with E-state index in [9.17, 15) is 97.0 Å². The molecule has 31 atom stereocenters. The topological polar surface area (TPSA) is 495 Å². The lowest BCUT2D eigenvalue weighted by Gasteiger charge is -2.49. The lowest BCUT2D eigenvalue weighted by atomic mass is 9.95. The molecule has 0 aliphatic carbocycles. The van der Waals surface area contributed by atoms with Gasteiger partial charge in [0.2, 0.25) is 0 Å². The van der Waals surface area contributed by atoms with Crippen LogP contribution in [0, 0.1) is 0 Å². The van der Waals surface area contributed by atoms with E-state index < -0.39 is 223 Å². The molecule has 19 N–H and O–H groups in total. The molecule has 31 nitrogen and oxygen atoms in total. The first kappa shape index (κ1) is 73.8. The Balaban J connectivity index is 1.04. The smallest absolute Gasteiger partial charge is 0.188 e. The Hall–Kier alpha value is -2.28. The summed E-state index contributed by atoms with van der Waals surface area (Å²) in [4.78, 5) is 0. The summed E-state index contributed by atoms with van der Waals surface area (Å²) < 4.78 is 69.9. The first-order valence-electron chi connectivity index (χ1n) is 29.2. The van der Waals surface area contributed by atoms with Gasteiger partial charge in [-0.05, 0) is 73.1 Å². The van der Waals surface area contributed by atoms with E-state index in [1.807, 2.05) is 26.0 Å².